The van der Waals surface area contributed by atoms with Crippen LogP contribution < -0.4 is 0 Å². The van der Waals surface area contributed by atoms with Gasteiger partial charge in [-0.05, 0) is 46.2 Å². The van der Waals surface area contributed by atoms with Crippen LogP contribution in [0.4, 0.5) is 13.2 Å². The molecule has 3 heteroatoms. The summed E-state index contributed by atoms with van der Waals surface area (Å²) in [5.74, 6) is 1.10. The first-order valence-corrected chi connectivity index (χ1v) is 6.69. The summed E-state index contributed by atoms with van der Waals surface area (Å²) in [5.41, 5.74) is 3.87. The van der Waals surface area contributed by atoms with E-state index in [1.54, 1.807) is 0 Å². The fourth-order valence-electron chi connectivity index (χ4n) is 2.86. The average Bonchev–Trinajstić information content (AvgIpc) is 2.45. The first-order valence-electron chi connectivity index (χ1n) is 6.69. The molecule has 0 saturated carbocycles. The molecule has 0 heterocycles. The fourth-order valence-corrected chi connectivity index (χ4v) is 2.86. The van der Waals surface area contributed by atoms with Gasteiger partial charge in [0, 0.05) is 0 Å². The predicted octanol–water partition coefficient (Wildman–Crippen LogP) is 5.59. The lowest BCUT2D eigenvalue weighted by Crippen LogP contribution is -2.19. The molecule has 0 fully saturated rings. The third kappa shape index (κ3) is 2.01. The van der Waals surface area contributed by atoms with Gasteiger partial charge in [0.25, 0.3) is 0 Å². The van der Waals surface area contributed by atoms with E-state index in [-0.39, 0.29) is 0 Å². The Bertz CT molecular complexity index is 638. The predicted molar refractivity (Wildman–Crippen MR) is 73.7 cm³/mol. The largest absolute Gasteiger partial charge is 0.416 e. The van der Waals surface area contributed by atoms with E-state index in [0.717, 1.165) is 23.3 Å². The molecule has 2 unspecified atom stereocenters. The maximum atomic E-state index is 12.5. The molecular weight excluding hydrogens is 261 g/mol. The molecule has 0 aliphatic heterocycles. The molecule has 0 spiro atoms. The first-order chi connectivity index (χ1) is 9.38. The number of benzene rings is 2. The number of fused-ring (bicyclic) bond motifs is 1. The van der Waals surface area contributed by atoms with E-state index < -0.39 is 11.7 Å². The molecule has 3 rings (SSSR count). The summed E-state index contributed by atoms with van der Waals surface area (Å²) in [6, 6.07) is 11.5. The minimum atomic E-state index is -4.27. The van der Waals surface area contributed by atoms with Crippen molar-refractivity contribution in [1.29, 1.82) is 0 Å². The Morgan fingerprint density at radius 1 is 0.750 bits per heavy atom. The summed E-state index contributed by atoms with van der Waals surface area (Å²) in [5, 5.41) is 0. The highest BCUT2D eigenvalue weighted by atomic mass is 19.4. The minimum absolute atomic E-state index is 0.527. The Morgan fingerprint density at radius 2 is 1.30 bits per heavy atom. The van der Waals surface area contributed by atoms with Crippen molar-refractivity contribution in [3.63, 3.8) is 0 Å². The van der Waals surface area contributed by atoms with E-state index in [9.17, 15) is 13.2 Å². The molecule has 0 radical (unpaired) electrons. The summed E-state index contributed by atoms with van der Waals surface area (Å²) >= 11 is 0. The lowest BCUT2D eigenvalue weighted by molar-refractivity contribution is -0.137. The lowest BCUT2D eigenvalue weighted by Gasteiger charge is -2.35. The van der Waals surface area contributed by atoms with Crippen molar-refractivity contribution in [3.8, 4) is 11.1 Å². The molecule has 20 heavy (non-hydrogen) atoms. The molecule has 0 nitrogen and oxygen atoms in total. The second kappa shape index (κ2) is 4.37. The van der Waals surface area contributed by atoms with E-state index >= 15 is 0 Å². The van der Waals surface area contributed by atoms with Gasteiger partial charge in [0.2, 0.25) is 0 Å². The second-order valence-corrected chi connectivity index (χ2v) is 5.50. The Kier molecular flexibility index (Phi) is 2.89. The van der Waals surface area contributed by atoms with Gasteiger partial charge in [-0.2, -0.15) is 13.2 Å². The van der Waals surface area contributed by atoms with E-state index in [4.69, 9.17) is 0 Å². The molecule has 0 bridgehead atoms. The SMILES string of the molecule is CC1c2ccc(-c3ccc(C(F)(F)F)cc3)cc2C1C. The van der Waals surface area contributed by atoms with Gasteiger partial charge in [0.1, 0.15) is 0 Å². The van der Waals surface area contributed by atoms with Crippen LogP contribution in [0, 0.1) is 0 Å². The van der Waals surface area contributed by atoms with Gasteiger partial charge >= 0.3 is 6.18 Å². The summed E-state index contributed by atoms with van der Waals surface area (Å²) < 4.78 is 37.6. The maximum Gasteiger partial charge on any atom is 0.416 e. The van der Waals surface area contributed by atoms with Crippen molar-refractivity contribution in [2.45, 2.75) is 31.9 Å². The van der Waals surface area contributed by atoms with Crippen molar-refractivity contribution in [1.82, 2.24) is 0 Å². The molecule has 2 atom stereocenters. The highest BCUT2D eigenvalue weighted by Crippen LogP contribution is 2.47. The molecule has 0 amide bonds. The summed E-state index contributed by atoms with van der Waals surface area (Å²) in [7, 11) is 0. The van der Waals surface area contributed by atoms with Gasteiger partial charge in [-0.1, -0.05) is 44.2 Å². The molecule has 2 aromatic carbocycles. The molecule has 0 N–H and O–H groups in total. The van der Waals surface area contributed by atoms with E-state index in [1.807, 2.05) is 6.07 Å². The monoisotopic (exact) mass is 276 g/mol. The summed E-state index contributed by atoms with van der Waals surface area (Å²) in [6.45, 7) is 4.38. The topological polar surface area (TPSA) is 0 Å². The van der Waals surface area contributed by atoms with Crippen LogP contribution in [0.1, 0.15) is 42.4 Å². The third-order valence-electron chi connectivity index (χ3n) is 4.36. The summed E-state index contributed by atoms with van der Waals surface area (Å²) in [4.78, 5) is 0. The Morgan fingerprint density at radius 3 is 1.90 bits per heavy atom. The number of halogens is 3. The zero-order valence-corrected chi connectivity index (χ0v) is 11.3. The van der Waals surface area contributed by atoms with Gasteiger partial charge in [0.15, 0.2) is 0 Å². The van der Waals surface area contributed by atoms with Crippen LogP contribution in [0.25, 0.3) is 11.1 Å². The Labute approximate surface area is 116 Å². The standard InChI is InChI=1S/C17H15F3/c1-10-11(2)16-9-13(5-8-15(10)16)12-3-6-14(7-4-12)17(18,19)20/h3-11H,1-2H3. The zero-order chi connectivity index (χ0) is 14.5. The highest BCUT2D eigenvalue weighted by molar-refractivity contribution is 5.67. The quantitative estimate of drug-likeness (QED) is 0.636. The maximum absolute atomic E-state index is 12.5. The van der Waals surface area contributed by atoms with Crippen LogP contribution in [-0.2, 0) is 6.18 Å². The smallest absolute Gasteiger partial charge is 0.166 e. The van der Waals surface area contributed by atoms with Gasteiger partial charge < -0.3 is 0 Å². The summed E-state index contributed by atoms with van der Waals surface area (Å²) in [6.07, 6.45) is -4.27. The molecule has 1 aliphatic rings. The van der Waals surface area contributed by atoms with Crippen LogP contribution in [0.5, 0.6) is 0 Å². The Hall–Kier alpha value is -1.77. The molecule has 0 aromatic heterocycles. The van der Waals surface area contributed by atoms with Crippen LogP contribution in [0.15, 0.2) is 42.5 Å². The normalized spacial score (nSPS) is 21.2. The van der Waals surface area contributed by atoms with Crippen molar-refractivity contribution in [2.75, 3.05) is 0 Å². The van der Waals surface area contributed by atoms with Crippen molar-refractivity contribution in [2.24, 2.45) is 0 Å². The van der Waals surface area contributed by atoms with Gasteiger partial charge in [0.05, 0.1) is 5.56 Å². The number of hydrogen-bond acceptors (Lipinski definition) is 0. The van der Waals surface area contributed by atoms with Crippen LogP contribution in [-0.4, -0.2) is 0 Å². The zero-order valence-electron chi connectivity index (χ0n) is 11.3. The van der Waals surface area contributed by atoms with Gasteiger partial charge in [-0.3, -0.25) is 0 Å². The minimum Gasteiger partial charge on any atom is -0.166 e. The molecule has 1 aliphatic carbocycles. The number of hydrogen-bond donors (Lipinski definition) is 0. The van der Waals surface area contributed by atoms with Crippen molar-refractivity contribution in [3.05, 3.63) is 59.2 Å². The van der Waals surface area contributed by atoms with Crippen LogP contribution in [0.2, 0.25) is 0 Å². The molecular formula is C17H15F3. The highest BCUT2D eigenvalue weighted by Gasteiger charge is 2.31. The molecule has 2 aromatic rings. The van der Waals surface area contributed by atoms with Crippen LogP contribution >= 0.6 is 0 Å². The molecule has 104 valence electrons. The van der Waals surface area contributed by atoms with E-state index in [1.165, 1.54) is 23.3 Å². The van der Waals surface area contributed by atoms with E-state index in [0.29, 0.717) is 11.8 Å². The number of alkyl halides is 3. The third-order valence-corrected chi connectivity index (χ3v) is 4.36. The lowest BCUT2D eigenvalue weighted by atomic mass is 9.69. The van der Waals surface area contributed by atoms with Crippen molar-refractivity contribution < 1.29 is 13.2 Å². The first kappa shape index (κ1) is 13.2. The van der Waals surface area contributed by atoms with E-state index in [2.05, 4.69) is 26.0 Å². The average molecular weight is 276 g/mol. The van der Waals surface area contributed by atoms with Gasteiger partial charge in [-0.25, -0.2) is 0 Å². The fraction of sp³-hybridized carbons (Fsp3) is 0.294. The molecule has 0 saturated heterocycles. The van der Waals surface area contributed by atoms with Gasteiger partial charge in [-0.15, -0.1) is 0 Å². The number of rotatable bonds is 1. The van der Waals surface area contributed by atoms with Crippen molar-refractivity contribution >= 4 is 0 Å². The Balaban J connectivity index is 1.94. The second-order valence-electron chi connectivity index (χ2n) is 5.50. The van der Waals surface area contributed by atoms with Crippen LogP contribution in [0.3, 0.4) is 0 Å².